The van der Waals surface area contributed by atoms with Crippen LogP contribution < -0.4 is 5.73 Å². The first kappa shape index (κ1) is 11.5. The zero-order chi connectivity index (χ0) is 11.1. The Kier molecular flexibility index (Phi) is 4.63. The summed E-state index contributed by atoms with van der Waals surface area (Å²) in [5.74, 6) is 0. The minimum atomic E-state index is -0.773. The van der Waals surface area contributed by atoms with Gasteiger partial charge >= 0.3 is 6.09 Å². The lowest BCUT2D eigenvalue weighted by molar-refractivity contribution is 0.00839. The first-order chi connectivity index (χ1) is 7.18. The number of hydrogen-bond acceptors (Lipinski definition) is 3. The summed E-state index contributed by atoms with van der Waals surface area (Å²) in [6.45, 7) is 2.51. The van der Waals surface area contributed by atoms with Crippen molar-refractivity contribution in [3.8, 4) is 0 Å². The monoisotopic (exact) mass is 209 g/mol. The lowest BCUT2D eigenvalue weighted by Crippen LogP contribution is -2.22. The average molecular weight is 209 g/mol. The Morgan fingerprint density at radius 2 is 2.07 bits per heavy atom. The first-order valence-corrected chi connectivity index (χ1v) is 4.76. The fourth-order valence-electron chi connectivity index (χ4n) is 1.06. The van der Waals surface area contributed by atoms with Crippen molar-refractivity contribution in [3.05, 3.63) is 35.9 Å². The molecule has 1 rings (SSSR count). The molecular formula is C11H15NO3. The molecule has 1 aromatic rings. The molecular weight excluding hydrogens is 194 g/mol. The highest BCUT2D eigenvalue weighted by atomic mass is 16.6. The largest absolute Gasteiger partial charge is 0.447 e. The minimum Gasteiger partial charge on any atom is -0.447 e. The van der Waals surface area contributed by atoms with Gasteiger partial charge in [0.25, 0.3) is 0 Å². The Morgan fingerprint density at radius 3 is 2.67 bits per heavy atom. The number of carbonyl (C=O) groups excluding carboxylic acids is 1. The van der Waals surface area contributed by atoms with Crippen LogP contribution in [0.4, 0.5) is 4.79 Å². The van der Waals surface area contributed by atoms with Crippen molar-refractivity contribution in [2.75, 3.05) is 6.61 Å². The highest BCUT2D eigenvalue weighted by Crippen LogP contribution is 2.03. The van der Waals surface area contributed by atoms with Crippen LogP contribution in [0.3, 0.4) is 0 Å². The number of rotatable bonds is 5. The SMILES string of the molecule is CC(COC(N)=O)OCc1ccccc1. The summed E-state index contributed by atoms with van der Waals surface area (Å²) in [5, 5.41) is 0. The first-order valence-electron chi connectivity index (χ1n) is 4.76. The summed E-state index contributed by atoms with van der Waals surface area (Å²) in [6.07, 6.45) is -0.928. The molecule has 0 bridgehead atoms. The van der Waals surface area contributed by atoms with Crippen molar-refractivity contribution in [3.63, 3.8) is 0 Å². The third kappa shape index (κ3) is 5.02. The predicted molar refractivity (Wildman–Crippen MR) is 56.2 cm³/mol. The maximum Gasteiger partial charge on any atom is 0.404 e. The van der Waals surface area contributed by atoms with Crippen LogP contribution in [-0.2, 0) is 16.1 Å². The van der Waals surface area contributed by atoms with Gasteiger partial charge in [-0.3, -0.25) is 0 Å². The van der Waals surface area contributed by atoms with Crippen molar-refractivity contribution < 1.29 is 14.3 Å². The van der Waals surface area contributed by atoms with Crippen molar-refractivity contribution in [1.29, 1.82) is 0 Å². The van der Waals surface area contributed by atoms with E-state index in [9.17, 15) is 4.79 Å². The predicted octanol–water partition coefficient (Wildman–Crippen LogP) is 1.69. The second-order valence-corrected chi connectivity index (χ2v) is 3.24. The molecule has 0 aromatic heterocycles. The molecule has 1 unspecified atom stereocenters. The molecule has 0 aliphatic carbocycles. The highest BCUT2D eigenvalue weighted by Gasteiger charge is 2.04. The summed E-state index contributed by atoms with van der Waals surface area (Å²) < 4.78 is 10.1. The molecule has 4 heteroatoms. The maximum atomic E-state index is 10.3. The maximum absolute atomic E-state index is 10.3. The number of primary amides is 1. The van der Waals surface area contributed by atoms with E-state index >= 15 is 0 Å². The van der Waals surface area contributed by atoms with Gasteiger partial charge < -0.3 is 15.2 Å². The summed E-state index contributed by atoms with van der Waals surface area (Å²) in [6, 6.07) is 9.79. The molecule has 1 aromatic carbocycles. The van der Waals surface area contributed by atoms with E-state index in [4.69, 9.17) is 10.5 Å². The van der Waals surface area contributed by atoms with Crippen LogP contribution in [0, 0.1) is 0 Å². The van der Waals surface area contributed by atoms with Crippen LogP contribution in [0.25, 0.3) is 0 Å². The Balaban J connectivity index is 2.22. The standard InChI is InChI=1S/C11H15NO3/c1-9(7-15-11(12)13)14-8-10-5-3-2-4-6-10/h2-6,9H,7-8H2,1H3,(H2,12,13). The Hall–Kier alpha value is -1.55. The van der Waals surface area contributed by atoms with Gasteiger partial charge in [0.1, 0.15) is 6.61 Å². The lowest BCUT2D eigenvalue weighted by Gasteiger charge is -2.12. The lowest BCUT2D eigenvalue weighted by atomic mass is 10.2. The molecule has 0 saturated carbocycles. The molecule has 0 radical (unpaired) electrons. The van der Waals surface area contributed by atoms with Gasteiger partial charge in [0.15, 0.2) is 0 Å². The Morgan fingerprint density at radius 1 is 1.40 bits per heavy atom. The van der Waals surface area contributed by atoms with Crippen LogP contribution >= 0.6 is 0 Å². The highest BCUT2D eigenvalue weighted by molar-refractivity contribution is 5.64. The van der Waals surface area contributed by atoms with Crippen molar-refractivity contribution >= 4 is 6.09 Å². The minimum absolute atomic E-state index is 0.155. The van der Waals surface area contributed by atoms with E-state index in [1.165, 1.54) is 0 Å². The number of carbonyl (C=O) groups is 1. The van der Waals surface area contributed by atoms with Crippen molar-refractivity contribution in [2.45, 2.75) is 19.6 Å². The number of amides is 1. The van der Waals surface area contributed by atoms with Gasteiger partial charge in [-0.25, -0.2) is 4.79 Å². The molecule has 82 valence electrons. The summed E-state index contributed by atoms with van der Waals surface area (Å²) in [4.78, 5) is 10.3. The van der Waals surface area contributed by atoms with E-state index < -0.39 is 6.09 Å². The van der Waals surface area contributed by atoms with E-state index in [0.717, 1.165) is 5.56 Å². The van der Waals surface area contributed by atoms with Crippen LogP contribution in [0.15, 0.2) is 30.3 Å². The van der Waals surface area contributed by atoms with E-state index in [2.05, 4.69) is 4.74 Å². The van der Waals surface area contributed by atoms with E-state index in [-0.39, 0.29) is 12.7 Å². The van der Waals surface area contributed by atoms with Crippen LogP contribution in [0.2, 0.25) is 0 Å². The van der Waals surface area contributed by atoms with Gasteiger partial charge in [0, 0.05) is 0 Å². The van der Waals surface area contributed by atoms with E-state index in [1.807, 2.05) is 37.3 Å². The topological polar surface area (TPSA) is 61.5 Å². The molecule has 0 heterocycles. The van der Waals surface area contributed by atoms with Gasteiger partial charge in [-0.15, -0.1) is 0 Å². The van der Waals surface area contributed by atoms with Gasteiger partial charge in [-0.2, -0.15) is 0 Å². The molecule has 1 amide bonds. The Bertz CT molecular complexity index is 300. The van der Waals surface area contributed by atoms with E-state index in [1.54, 1.807) is 0 Å². The zero-order valence-electron chi connectivity index (χ0n) is 8.68. The number of ether oxygens (including phenoxy) is 2. The smallest absolute Gasteiger partial charge is 0.404 e. The molecule has 0 saturated heterocycles. The second-order valence-electron chi connectivity index (χ2n) is 3.24. The third-order valence-corrected chi connectivity index (χ3v) is 1.84. The van der Waals surface area contributed by atoms with Gasteiger partial charge in [-0.1, -0.05) is 30.3 Å². The number of nitrogens with two attached hydrogens (primary N) is 1. The van der Waals surface area contributed by atoms with Crippen molar-refractivity contribution in [2.24, 2.45) is 5.73 Å². The zero-order valence-corrected chi connectivity index (χ0v) is 8.68. The van der Waals surface area contributed by atoms with Gasteiger partial charge in [0.05, 0.1) is 12.7 Å². The van der Waals surface area contributed by atoms with Crippen molar-refractivity contribution in [1.82, 2.24) is 0 Å². The number of benzene rings is 1. The average Bonchev–Trinajstić information content (AvgIpc) is 2.25. The fraction of sp³-hybridized carbons (Fsp3) is 0.364. The molecule has 2 N–H and O–H groups in total. The third-order valence-electron chi connectivity index (χ3n) is 1.84. The molecule has 1 atom stereocenters. The molecule has 15 heavy (non-hydrogen) atoms. The fourth-order valence-corrected chi connectivity index (χ4v) is 1.06. The van der Waals surface area contributed by atoms with Gasteiger partial charge in [-0.05, 0) is 12.5 Å². The molecule has 0 spiro atoms. The Labute approximate surface area is 89.0 Å². The van der Waals surface area contributed by atoms with Crippen LogP contribution in [-0.4, -0.2) is 18.8 Å². The molecule has 0 aliphatic rings. The van der Waals surface area contributed by atoms with E-state index in [0.29, 0.717) is 6.61 Å². The normalized spacial score (nSPS) is 12.1. The summed E-state index contributed by atoms with van der Waals surface area (Å²) in [7, 11) is 0. The summed E-state index contributed by atoms with van der Waals surface area (Å²) in [5.41, 5.74) is 5.92. The molecule has 4 nitrogen and oxygen atoms in total. The van der Waals surface area contributed by atoms with Crippen LogP contribution in [0.1, 0.15) is 12.5 Å². The van der Waals surface area contributed by atoms with Gasteiger partial charge in [0.2, 0.25) is 0 Å². The molecule has 0 aliphatic heterocycles. The molecule has 0 fully saturated rings. The number of hydrogen-bond donors (Lipinski definition) is 1. The van der Waals surface area contributed by atoms with Crippen LogP contribution in [0.5, 0.6) is 0 Å². The quantitative estimate of drug-likeness (QED) is 0.802. The second kappa shape index (κ2) is 6.03. The summed E-state index contributed by atoms with van der Waals surface area (Å²) >= 11 is 0.